The number of fused-ring (bicyclic) bond motifs is 1. The molecule has 3 rings (SSSR count). The van der Waals surface area contributed by atoms with Gasteiger partial charge in [0.25, 0.3) is 0 Å². The molecule has 0 spiro atoms. The number of nitrogens with zero attached hydrogens (tertiary/aromatic N) is 1. The van der Waals surface area contributed by atoms with Crippen molar-refractivity contribution in [2.24, 2.45) is 5.41 Å². The molecule has 0 amide bonds. The third-order valence-electron chi connectivity index (χ3n) is 4.22. The minimum Gasteiger partial charge on any atom is -0.388 e. The zero-order valence-corrected chi connectivity index (χ0v) is 14.4. The standard InChI is InChI=1S/C22H23NO/c1-22(2,3)21(24)20(14-16-8-7-13-23-15-16)19-12-6-10-17-9-4-5-11-18(17)19/h4-15,21,24H,1-3H3/b20-14-. The first kappa shape index (κ1) is 16.4. The normalized spacial score (nSPS) is 13.9. The third kappa shape index (κ3) is 3.39. The number of rotatable bonds is 3. The van der Waals surface area contributed by atoms with E-state index in [-0.39, 0.29) is 5.41 Å². The second-order valence-electron chi connectivity index (χ2n) is 7.18. The lowest BCUT2D eigenvalue weighted by atomic mass is 9.80. The van der Waals surface area contributed by atoms with Gasteiger partial charge in [-0.25, -0.2) is 0 Å². The molecule has 2 aromatic carbocycles. The van der Waals surface area contributed by atoms with E-state index in [0.29, 0.717) is 0 Å². The Labute approximate surface area is 143 Å². The Balaban J connectivity index is 2.23. The summed E-state index contributed by atoms with van der Waals surface area (Å²) in [4.78, 5) is 4.19. The number of aromatic nitrogens is 1. The molecule has 24 heavy (non-hydrogen) atoms. The molecule has 1 unspecified atom stereocenters. The maximum Gasteiger partial charge on any atom is 0.0844 e. The van der Waals surface area contributed by atoms with Crippen LogP contribution in [-0.4, -0.2) is 16.2 Å². The lowest BCUT2D eigenvalue weighted by molar-refractivity contribution is 0.115. The van der Waals surface area contributed by atoms with Crippen molar-refractivity contribution in [2.45, 2.75) is 26.9 Å². The number of hydrogen-bond donors (Lipinski definition) is 1. The Morgan fingerprint density at radius 2 is 1.75 bits per heavy atom. The van der Waals surface area contributed by atoms with Gasteiger partial charge < -0.3 is 5.11 Å². The van der Waals surface area contributed by atoms with Gasteiger partial charge in [-0.05, 0) is 45.0 Å². The van der Waals surface area contributed by atoms with E-state index < -0.39 is 6.10 Å². The van der Waals surface area contributed by atoms with Gasteiger partial charge in [-0.3, -0.25) is 4.98 Å². The van der Waals surface area contributed by atoms with Gasteiger partial charge in [0.15, 0.2) is 0 Å². The smallest absolute Gasteiger partial charge is 0.0844 e. The number of aliphatic hydroxyl groups excluding tert-OH is 1. The quantitative estimate of drug-likeness (QED) is 0.722. The van der Waals surface area contributed by atoms with Crippen molar-refractivity contribution >= 4 is 22.4 Å². The van der Waals surface area contributed by atoms with Crippen LogP contribution in [0.4, 0.5) is 0 Å². The molecule has 0 radical (unpaired) electrons. The molecule has 0 bridgehead atoms. The van der Waals surface area contributed by atoms with Crippen molar-refractivity contribution in [3.63, 3.8) is 0 Å². The van der Waals surface area contributed by atoms with Crippen molar-refractivity contribution in [2.75, 3.05) is 0 Å². The Kier molecular flexibility index (Phi) is 4.50. The topological polar surface area (TPSA) is 33.1 Å². The summed E-state index contributed by atoms with van der Waals surface area (Å²) < 4.78 is 0. The van der Waals surface area contributed by atoms with Crippen molar-refractivity contribution in [3.05, 3.63) is 78.1 Å². The molecule has 1 atom stereocenters. The van der Waals surface area contributed by atoms with Crippen LogP contribution >= 0.6 is 0 Å². The Morgan fingerprint density at radius 3 is 2.46 bits per heavy atom. The molecular weight excluding hydrogens is 294 g/mol. The van der Waals surface area contributed by atoms with E-state index in [1.807, 2.05) is 42.6 Å². The van der Waals surface area contributed by atoms with Crippen LogP contribution in [0.15, 0.2) is 67.0 Å². The fourth-order valence-corrected chi connectivity index (χ4v) is 2.89. The van der Waals surface area contributed by atoms with E-state index in [1.165, 1.54) is 5.39 Å². The summed E-state index contributed by atoms with van der Waals surface area (Å²) in [5, 5.41) is 13.4. The van der Waals surface area contributed by atoms with E-state index in [9.17, 15) is 5.11 Å². The monoisotopic (exact) mass is 317 g/mol. The molecule has 0 aliphatic rings. The number of pyridine rings is 1. The summed E-state index contributed by atoms with van der Waals surface area (Å²) in [7, 11) is 0. The summed E-state index contributed by atoms with van der Waals surface area (Å²) >= 11 is 0. The minimum atomic E-state index is -0.580. The summed E-state index contributed by atoms with van der Waals surface area (Å²) in [5.74, 6) is 0. The highest BCUT2D eigenvalue weighted by molar-refractivity contribution is 5.98. The first-order valence-corrected chi connectivity index (χ1v) is 8.24. The van der Waals surface area contributed by atoms with E-state index in [4.69, 9.17) is 0 Å². The van der Waals surface area contributed by atoms with Gasteiger partial charge in [0.2, 0.25) is 0 Å². The molecule has 0 saturated carbocycles. The molecule has 2 nitrogen and oxygen atoms in total. The first-order valence-electron chi connectivity index (χ1n) is 8.24. The Bertz CT molecular complexity index is 855. The Morgan fingerprint density at radius 1 is 1.00 bits per heavy atom. The van der Waals surface area contributed by atoms with Gasteiger partial charge in [0, 0.05) is 12.4 Å². The maximum absolute atomic E-state index is 11.0. The predicted octanol–water partition coefficient (Wildman–Crippen LogP) is 5.18. The molecule has 1 aromatic heterocycles. The fourth-order valence-electron chi connectivity index (χ4n) is 2.89. The summed E-state index contributed by atoms with van der Waals surface area (Å²) in [6, 6.07) is 18.4. The maximum atomic E-state index is 11.0. The van der Waals surface area contributed by atoms with Gasteiger partial charge in [-0.1, -0.05) is 69.3 Å². The van der Waals surface area contributed by atoms with Crippen molar-refractivity contribution in [3.8, 4) is 0 Å². The molecule has 0 aliphatic heterocycles. The van der Waals surface area contributed by atoms with Gasteiger partial charge in [0.05, 0.1) is 6.10 Å². The summed E-state index contributed by atoms with van der Waals surface area (Å²) in [5.41, 5.74) is 2.72. The van der Waals surface area contributed by atoms with Crippen molar-refractivity contribution < 1.29 is 5.11 Å². The molecule has 122 valence electrons. The van der Waals surface area contributed by atoms with E-state index in [0.717, 1.165) is 22.1 Å². The second-order valence-corrected chi connectivity index (χ2v) is 7.18. The van der Waals surface area contributed by atoms with Gasteiger partial charge in [-0.15, -0.1) is 0 Å². The van der Waals surface area contributed by atoms with E-state index >= 15 is 0 Å². The molecule has 0 saturated heterocycles. The van der Waals surface area contributed by atoms with Crippen LogP contribution in [0, 0.1) is 5.41 Å². The first-order chi connectivity index (χ1) is 11.5. The number of benzene rings is 2. The molecular formula is C22H23NO. The lowest BCUT2D eigenvalue weighted by Gasteiger charge is -2.29. The Hall–Kier alpha value is -2.45. The average Bonchev–Trinajstić information content (AvgIpc) is 2.59. The highest BCUT2D eigenvalue weighted by atomic mass is 16.3. The highest BCUT2D eigenvalue weighted by Gasteiger charge is 2.27. The highest BCUT2D eigenvalue weighted by Crippen LogP contribution is 2.35. The minimum absolute atomic E-state index is 0.259. The number of aliphatic hydroxyl groups is 1. The van der Waals surface area contributed by atoms with Crippen molar-refractivity contribution in [1.82, 2.24) is 4.98 Å². The fraction of sp³-hybridized carbons (Fsp3) is 0.227. The largest absolute Gasteiger partial charge is 0.388 e. The zero-order valence-electron chi connectivity index (χ0n) is 14.4. The van der Waals surface area contributed by atoms with Gasteiger partial charge in [-0.2, -0.15) is 0 Å². The number of hydrogen-bond acceptors (Lipinski definition) is 2. The molecule has 0 aliphatic carbocycles. The van der Waals surface area contributed by atoms with Crippen molar-refractivity contribution in [1.29, 1.82) is 0 Å². The molecule has 3 aromatic rings. The zero-order chi connectivity index (χ0) is 17.2. The molecule has 1 heterocycles. The van der Waals surface area contributed by atoms with Crippen LogP contribution in [0.2, 0.25) is 0 Å². The third-order valence-corrected chi connectivity index (χ3v) is 4.22. The van der Waals surface area contributed by atoms with Crippen LogP contribution in [0.5, 0.6) is 0 Å². The van der Waals surface area contributed by atoms with Crippen LogP contribution in [0.25, 0.3) is 22.4 Å². The summed E-state index contributed by atoms with van der Waals surface area (Å²) in [6.07, 6.45) is 5.05. The van der Waals surface area contributed by atoms with Crippen LogP contribution in [0.1, 0.15) is 31.9 Å². The SMILES string of the molecule is CC(C)(C)C(O)/C(=C\c1cccnc1)c1cccc2ccccc12. The van der Waals surface area contributed by atoms with Crippen LogP contribution in [0.3, 0.4) is 0 Å². The van der Waals surface area contributed by atoms with E-state index in [2.05, 4.69) is 50.0 Å². The van der Waals surface area contributed by atoms with Gasteiger partial charge in [0.1, 0.15) is 0 Å². The van der Waals surface area contributed by atoms with Crippen LogP contribution in [-0.2, 0) is 0 Å². The summed E-state index contributed by atoms with van der Waals surface area (Å²) in [6.45, 7) is 6.17. The average molecular weight is 317 g/mol. The lowest BCUT2D eigenvalue weighted by Crippen LogP contribution is -2.27. The van der Waals surface area contributed by atoms with Crippen LogP contribution < -0.4 is 0 Å². The predicted molar refractivity (Wildman–Crippen MR) is 102 cm³/mol. The molecule has 0 fully saturated rings. The van der Waals surface area contributed by atoms with E-state index in [1.54, 1.807) is 6.20 Å². The molecule has 2 heteroatoms. The second kappa shape index (κ2) is 6.58. The van der Waals surface area contributed by atoms with Gasteiger partial charge >= 0.3 is 0 Å². The molecule has 1 N–H and O–H groups in total.